The summed E-state index contributed by atoms with van der Waals surface area (Å²) in [6.45, 7) is 8.61. The molecular formula is C15H29ClN2O. The van der Waals surface area contributed by atoms with E-state index < -0.39 is 0 Å². The van der Waals surface area contributed by atoms with Crippen molar-refractivity contribution in [3.63, 3.8) is 0 Å². The zero-order valence-electron chi connectivity index (χ0n) is 12.4. The second-order valence-corrected chi connectivity index (χ2v) is 6.45. The molecule has 1 N–H and O–H groups in total. The zero-order chi connectivity index (χ0) is 13.0. The maximum Gasteiger partial charge on any atom is 0.225 e. The number of piperidine rings is 2. The van der Waals surface area contributed by atoms with Crippen LogP contribution in [0.3, 0.4) is 0 Å². The first-order valence-corrected chi connectivity index (χ1v) is 7.66. The van der Waals surface area contributed by atoms with Crippen molar-refractivity contribution in [2.75, 3.05) is 26.2 Å². The number of rotatable bonds is 3. The van der Waals surface area contributed by atoms with E-state index in [0.29, 0.717) is 11.8 Å². The summed E-state index contributed by atoms with van der Waals surface area (Å²) >= 11 is 0. The third kappa shape index (κ3) is 4.96. The van der Waals surface area contributed by atoms with Crippen LogP contribution in [-0.2, 0) is 4.79 Å². The number of halogens is 1. The van der Waals surface area contributed by atoms with Gasteiger partial charge < -0.3 is 10.2 Å². The van der Waals surface area contributed by atoms with Gasteiger partial charge in [-0.2, -0.15) is 0 Å². The lowest BCUT2D eigenvalue weighted by molar-refractivity contribution is -0.138. The average molecular weight is 289 g/mol. The normalized spacial score (nSPS) is 25.2. The van der Waals surface area contributed by atoms with Crippen LogP contribution >= 0.6 is 12.4 Å². The highest BCUT2D eigenvalue weighted by Gasteiger charge is 2.29. The van der Waals surface area contributed by atoms with Crippen LogP contribution < -0.4 is 5.32 Å². The molecule has 1 atom stereocenters. The van der Waals surface area contributed by atoms with Crippen molar-refractivity contribution in [1.29, 1.82) is 0 Å². The van der Waals surface area contributed by atoms with Crippen molar-refractivity contribution in [2.24, 2.45) is 17.8 Å². The molecule has 19 heavy (non-hydrogen) atoms. The number of likely N-dealkylation sites (tertiary alicyclic amines) is 1. The van der Waals surface area contributed by atoms with Crippen LogP contribution in [0, 0.1) is 17.8 Å². The molecule has 1 unspecified atom stereocenters. The number of carbonyl (C=O) groups excluding carboxylic acids is 1. The molecule has 4 heteroatoms. The maximum absolute atomic E-state index is 12.5. The SMILES string of the molecule is CC(C)CC1CCCN(C(=O)C2CCNCC2)C1.Cl. The van der Waals surface area contributed by atoms with Crippen molar-refractivity contribution in [3.05, 3.63) is 0 Å². The van der Waals surface area contributed by atoms with E-state index in [-0.39, 0.29) is 12.4 Å². The Labute approximate surface area is 123 Å². The van der Waals surface area contributed by atoms with Crippen LogP contribution in [0.1, 0.15) is 46.0 Å². The fourth-order valence-electron chi connectivity index (χ4n) is 3.45. The Kier molecular flexibility index (Phi) is 7.16. The minimum Gasteiger partial charge on any atom is -0.342 e. The fraction of sp³-hybridized carbons (Fsp3) is 0.933. The Balaban J connectivity index is 0.00000180. The predicted octanol–water partition coefficient (Wildman–Crippen LogP) is 2.69. The summed E-state index contributed by atoms with van der Waals surface area (Å²) in [5, 5.41) is 3.34. The molecule has 0 aromatic heterocycles. The summed E-state index contributed by atoms with van der Waals surface area (Å²) in [4.78, 5) is 14.6. The van der Waals surface area contributed by atoms with Gasteiger partial charge in [0.25, 0.3) is 0 Å². The van der Waals surface area contributed by atoms with Crippen LogP contribution in [0.4, 0.5) is 0 Å². The Bertz CT molecular complexity index is 277. The van der Waals surface area contributed by atoms with Gasteiger partial charge in [0.1, 0.15) is 0 Å². The van der Waals surface area contributed by atoms with E-state index >= 15 is 0 Å². The van der Waals surface area contributed by atoms with Crippen molar-refractivity contribution in [1.82, 2.24) is 10.2 Å². The van der Waals surface area contributed by atoms with Gasteiger partial charge in [-0.05, 0) is 57.0 Å². The summed E-state index contributed by atoms with van der Waals surface area (Å²) in [5.74, 6) is 2.22. The van der Waals surface area contributed by atoms with Gasteiger partial charge in [0, 0.05) is 19.0 Å². The molecule has 0 spiro atoms. The topological polar surface area (TPSA) is 32.3 Å². The van der Waals surface area contributed by atoms with E-state index in [4.69, 9.17) is 0 Å². The molecule has 2 heterocycles. The summed E-state index contributed by atoms with van der Waals surface area (Å²) in [7, 11) is 0. The third-order valence-electron chi connectivity index (χ3n) is 4.32. The van der Waals surface area contributed by atoms with E-state index in [1.165, 1.54) is 19.3 Å². The average Bonchev–Trinajstić information content (AvgIpc) is 2.38. The molecule has 2 aliphatic heterocycles. The lowest BCUT2D eigenvalue weighted by Crippen LogP contribution is -2.45. The quantitative estimate of drug-likeness (QED) is 0.866. The van der Waals surface area contributed by atoms with Gasteiger partial charge in [-0.25, -0.2) is 0 Å². The molecule has 3 nitrogen and oxygen atoms in total. The van der Waals surface area contributed by atoms with Crippen LogP contribution in [0.25, 0.3) is 0 Å². The van der Waals surface area contributed by atoms with Gasteiger partial charge in [0.05, 0.1) is 0 Å². The van der Waals surface area contributed by atoms with Gasteiger partial charge in [-0.3, -0.25) is 4.79 Å². The summed E-state index contributed by atoms with van der Waals surface area (Å²) in [5.41, 5.74) is 0. The van der Waals surface area contributed by atoms with E-state index in [9.17, 15) is 4.79 Å². The molecule has 0 radical (unpaired) electrons. The monoisotopic (exact) mass is 288 g/mol. The molecule has 0 bridgehead atoms. The number of carbonyl (C=O) groups is 1. The standard InChI is InChI=1S/C15H28N2O.ClH/c1-12(2)10-13-4-3-9-17(11-13)15(18)14-5-7-16-8-6-14;/h12-14,16H,3-11H2,1-2H3;1H. The zero-order valence-corrected chi connectivity index (χ0v) is 13.2. The number of nitrogens with zero attached hydrogens (tertiary/aromatic N) is 1. The smallest absolute Gasteiger partial charge is 0.225 e. The lowest BCUT2D eigenvalue weighted by Gasteiger charge is -2.36. The van der Waals surface area contributed by atoms with E-state index in [0.717, 1.165) is 50.9 Å². The first-order chi connectivity index (χ1) is 8.66. The van der Waals surface area contributed by atoms with Crippen molar-refractivity contribution in [3.8, 4) is 0 Å². The van der Waals surface area contributed by atoms with Gasteiger partial charge in [0.2, 0.25) is 5.91 Å². The molecular weight excluding hydrogens is 260 g/mol. The Morgan fingerprint density at radius 3 is 2.58 bits per heavy atom. The minimum absolute atomic E-state index is 0. The lowest BCUT2D eigenvalue weighted by atomic mass is 9.88. The summed E-state index contributed by atoms with van der Waals surface area (Å²) < 4.78 is 0. The van der Waals surface area contributed by atoms with Crippen LogP contribution in [-0.4, -0.2) is 37.0 Å². The van der Waals surface area contributed by atoms with Crippen molar-refractivity contribution >= 4 is 18.3 Å². The number of hydrogen-bond donors (Lipinski definition) is 1. The Morgan fingerprint density at radius 1 is 1.26 bits per heavy atom. The molecule has 0 aromatic rings. The van der Waals surface area contributed by atoms with Crippen LogP contribution in [0.5, 0.6) is 0 Å². The third-order valence-corrected chi connectivity index (χ3v) is 4.32. The minimum atomic E-state index is 0. The van der Waals surface area contributed by atoms with Gasteiger partial charge in [-0.15, -0.1) is 12.4 Å². The predicted molar refractivity (Wildman–Crippen MR) is 81.6 cm³/mol. The number of nitrogens with one attached hydrogen (secondary N) is 1. The molecule has 1 amide bonds. The molecule has 2 rings (SSSR count). The van der Waals surface area contributed by atoms with Crippen LogP contribution in [0.15, 0.2) is 0 Å². The molecule has 0 saturated carbocycles. The highest BCUT2D eigenvalue weighted by molar-refractivity contribution is 5.85. The van der Waals surface area contributed by atoms with E-state index in [1.807, 2.05) is 0 Å². The highest BCUT2D eigenvalue weighted by atomic mass is 35.5. The maximum atomic E-state index is 12.5. The van der Waals surface area contributed by atoms with Crippen LogP contribution in [0.2, 0.25) is 0 Å². The summed E-state index contributed by atoms with van der Waals surface area (Å²) in [6, 6.07) is 0. The number of hydrogen-bond acceptors (Lipinski definition) is 2. The van der Waals surface area contributed by atoms with Gasteiger partial charge in [-0.1, -0.05) is 13.8 Å². The molecule has 2 saturated heterocycles. The summed E-state index contributed by atoms with van der Waals surface area (Å²) in [6.07, 6.45) is 5.85. The fourth-order valence-corrected chi connectivity index (χ4v) is 3.45. The first-order valence-electron chi connectivity index (χ1n) is 7.66. The Hall–Kier alpha value is -0.280. The van der Waals surface area contributed by atoms with Gasteiger partial charge >= 0.3 is 0 Å². The number of amides is 1. The molecule has 112 valence electrons. The molecule has 0 aromatic carbocycles. The van der Waals surface area contributed by atoms with Gasteiger partial charge in [0.15, 0.2) is 0 Å². The van der Waals surface area contributed by atoms with E-state index in [2.05, 4.69) is 24.1 Å². The molecule has 2 aliphatic rings. The van der Waals surface area contributed by atoms with Crippen molar-refractivity contribution in [2.45, 2.75) is 46.0 Å². The van der Waals surface area contributed by atoms with E-state index in [1.54, 1.807) is 0 Å². The molecule has 0 aliphatic carbocycles. The largest absolute Gasteiger partial charge is 0.342 e. The molecule has 2 fully saturated rings. The Morgan fingerprint density at radius 2 is 1.95 bits per heavy atom. The second-order valence-electron chi connectivity index (χ2n) is 6.45. The second kappa shape index (κ2) is 8.11. The van der Waals surface area contributed by atoms with Crippen molar-refractivity contribution < 1.29 is 4.79 Å². The first kappa shape index (κ1) is 16.8. The highest BCUT2D eigenvalue weighted by Crippen LogP contribution is 2.25.